The lowest BCUT2D eigenvalue weighted by atomic mass is 9.87. The summed E-state index contributed by atoms with van der Waals surface area (Å²) in [5.41, 5.74) is 1.23. The Hall–Kier alpha value is -1.84. The van der Waals surface area contributed by atoms with Gasteiger partial charge in [0.2, 0.25) is 0 Å². The summed E-state index contributed by atoms with van der Waals surface area (Å²) in [6.07, 6.45) is 0. The SMILES string of the molecule is CC(=O)c1cccc(NC(=O)N(C)[C@H](C)C(C)(C)C)c1. The molecule has 0 unspecified atom stereocenters. The summed E-state index contributed by atoms with van der Waals surface area (Å²) in [7, 11) is 1.78. The zero-order chi connectivity index (χ0) is 15.5. The first-order valence-corrected chi connectivity index (χ1v) is 6.77. The molecule has 1 atom stereocenters. The molecule has 2 amide bonds. The average Bonchev–Trinajstić information content (AvgIpc) is 2.36. The minimum atomic E-state index is -0.173. The summed E-state index contributed by atoms with van der Waals surface area (Å²) >= 11 is 0. The Labute approximate surface area is 121 Å². The molecule has 0 aliphatic carbocycles. The van der Waals surface area contributed by atoms with Gasteiger partial charge in [0, 0.05) is 24.3 Å². The summed E-state index contributed by atoms with van der Waals surface area (Å²) in [5, 5.41) is 2.82. The molecule has 110 valence electrons. The highest BCUT2D eigenvalue weighted by atomic mass is 16.2. The summed E-state index contributed by atoms with van der Waals surface area (Å²) < 4.78 is 0. The third-order valence-corrected chi connectivity index (χ3v) is 3.67. The molecule has 0 fully saturated rings. The summed E-state index contributed by atoms with van der Waals surface area (Å²) in [6.45, 7) is 9.81. The smallest absolute Gasteiger partial charge is 0.321 e. The number of nitrogens with zero attached hydrogens (tertiary/aromatic N) is 1. The van der Waals surface area contributed by atoms with E-state index in [9.17, 15) is 9.59 Å². The zero-order valence-electron chi connectivity index (χ0n) is 13.2. The Kier molecular flexibility index (Phi) is 4.93. The molecular formula is C16H24N2O2. The van der Waals surface area contributed by atoms with Gasteiger partial charge in [0.15, 0.2) is 5.78 Å². The Morgan fingerprint density at radius 2 is 1.85 bits per heavy atom. The van der Waals surface area contributed by atoms with Gasteiger partial charge in [0.05, 0.1) is 0 Å². The molecule has 1 rings (SSSR count). The van der Waals surface area contributed by atoms with E-state index < -0.39 is 0 Å². The van der Waals surface area contributed by atoms with E-state index in [1.807, 2.05) is 6.92 Å². The highest BCUT2D eigenvalue weighted by Crippen LogP contribution is 2.23. The number of amides is 2. The fourth-order valence-corrected chi connectivity index (χ4v) is 1.78. The lowest BCUT2D eigenvalue weighted by molar-refractivity contribution is 0.101. The van der Waals surface area contributed by atoms with E-state index in [1.54, 1.807) is 36.2 Å². The molecule has 4 nitrogen and oxygen atoms in total. The number of nitrogens with one attached hydrogen (secondary N) is 1. The monoisotopic (exact) mass is 276 g/mol. The molecule has 0 bridgehead atoms. The van der Waals surface area contributed by atoms with Crippen LogP contribution in [-0.4, -0.2) is 29.8 Å². The predicted molar refractivity (Wildman–Crippen MR) is 82.1 cm³/mol. The summed E-state index contributed by atoms with van der Waals surface area (Å²) in [5.74, 6) is -0.0162. The largest absolute Gasteiger partial charge is 0.324 e. The van der Waals surface area contributed by atoms with Gasteiger partial charge in [-0.05, 0) is 31.4 Å². The van der Waals surface area contributed by atoms with Crippen molar-refractivity contribution in [3.05, 3.63) is 29.8 Å². The molecule has 0 aliphatic rings. The van der Waals surface area contributed by atoms with Crippen molar-refractivity contribution in [1.82, 2.24) is 4.90 Å². The molecule has 0 saturated carbocycles. The molecule has 0 heterocycles. The van der Waals surface area contributed by atoms with Crippen LogP contribution >= 0.6 is 0 Å². The van der Waals surface area contributed by atoms with E-state index in [1.165, 1.54) is 6.92 Å². The van der Waals surface area contributed by atoms with Crippen LogP contribution in [0.5, 0.6) is 0 Å². The molecule has 0 aliphatic heterocycles. The average molecular weight is 276 g/mol. The van der Waals surface area contributed by atoms with Crippen LogP contribution in [-0.2, 0) is 0 Å². The maximum atomic E-state index is 12.2. The molecule has 1 aromatic rings. The number of anilines is 1. The van der Waals surface area contributed by atoms with Crippen molar-refractivity contribution in [3.8, 4) is 0 Å². The van der Waals surface area contributed by atoms with Crippen molar-refractivity contribution in [3.63, 3.8) is 0 Å². The second kappa shape index (κ2) is 6.07. The second-order valence-corrected chi connectivity index (χ2v) is 6.22. The van der Waals surface area contributed by atoms with Gasteiger partial charge in [-0.2, -0.15) is 0 Å². The minimum Gasteiger partial charge on any atom is -0.324 e. The van der Waals surface area contributed by atoms with Crippen LogP contribution in [0.4, 0.5) is 10.5 Å². The number of benzene rings is 1. The number of Topliss-reactive ketones (excluding diaryl/α,β-unsaturated/α-hetero) is 1. The first-order chi connectivity index (χ1) is 9.12. The van der Waals surface area contributed by atoms with Crippen molar-refractivity contribution >= 4 is 17.5 Å². The number of hydrogen-bond donors (Lipinski definition) is 1. The van der Waals surface area contributed by atoms with Crippen molar-refractivity contribution in [2.75, 3.05) is 12.4 Å². The van der Waals surface area contributed by atoms with Crippen LogP contribution in [0.2, 0.25) is 0 Å². The maximum absolute atomic E-state index is 12.2. The van der Waals surface area contributed by atoms with E-state index in [-0.39, 0.29) is 23.3 Å². The Balaban J connectivity index is 2.81. The van der Waals surface area contributed by atoms with E-state index in [0.29, 0.717) is 11.3 Å². The molecular weight excluding hydrogens is 252 g/mol. The molecule has 20 heavy (non-hydrogen) atoms. The van der Waals surface area contributed by atoms with Crippen LogP contribution in [0.15, 0.2) is 24.3 Å². The van der Waals surface area contributed by atoms with Crippen molar-refractivity contribution in [2.24, 2.45) is 5.41 Å². The van der Waals surface area contributed by atoms with Crippen LogP contribution < -0.4 is 5.32 Å². The Bertz CT molecular complexity index is 503. The number of carbonyl (C=O) groups is 2. The maximum Gasteiger partial charge on any atom is 0.321 e. The van der Waals surface area contributed by atoms with Gasteiger partial charge in [0.1, 0.15) is 0 Å². The topological polar surface area (TPSA) is 49.4 Å². The van der Waals surface area contributed by atoms with E-state index in [0.717, 1.165) is 0 Å². The zero-order valence-corrected chi connectivity index (χ0v) is 13.2. The quantitative estimate of drug-likeness (QED) is 0.854. The lowest BCUT2D eigenvalue weighted by Crippen LogP contribution is -2.44. The molecule has 1 N–H and O–H groups in total. The van der Waals surface area contributed by atoms with Crippen molar-refractivity contribution in [2.45, 2.75) is 40.7 Å². The van der Waals surface area contributed by atoms with E-state index in [2.05, 4.69) is 26.1 Å². The number of urea groups is 1. The van der Waals surface area contributed by atoms with Crippen LogP contribution in [0.3, 0.4) is 0 Å². The van der Waals surface area contributed by atoms with Crippen LogP contribution in [0.25, 0.3) is 0 Å². The standard InChI is InChI=1S/C16H24N2O2/c1-11(19)13-8-7-9-14(10-13)17-15(20)18(6)12(2)16(3,4)5/h7-10,12H,1-6H3,(H,17,20)/t12-/m1/s1. The van der Waals surface area contributed by atoms with Gasteiger partial charge < -0.3 is 10.2 Å². The highest BCUT2D eigenvalue weighted by molar-refractivity contribution is 5.96. The minimum absolute atomic E-state index is 0.00726. The number of rotatable bonds is 3. The fraction of sp³-hybridized carbons (Fsp3) is 0.500. The number of hydrogen-bond acceptors (Lipinski definition) is 2. The van der Waals surface area contributed by atoms with Gasteiger partial charge in [-0.15, -0.1) is 0 Å². The van der Waals surface area contributed by atoms with Gasteiger partial charge >= 0.3 is 6.03 Å². The Morgan fingerprint density at radius 1 is 1.25 bits per heavy atom. The van der Waals surface area contributed by atoms with Crippen LogP contribution in [0.1, 0.15) is 45.0 Å². The molecule has 0 radical (unpaired) electrons. The van der Waals surface area contributed by atoms with Gasteiger partial charge in [-0.3, -0.25) is 4.79 Å². The summed E-state index contributed by atoms with van der Waals surface area (Å²) in [4.78, 5) is 25.2. The normalized spacial score (nSPS) is 12.7. The Morgan fingerprint density at radius 3 is 2.35 bits per heavy atom. The molecule has 1 aromatic carbocycles. The van der Waals surface area contributed by atoms with Crippen molar-refractivity contribution < 1.29 is 9.59 Å². The first kappa shape index (κ1) is 16.2. The predicted octanol–water partition coefficient (Wildman–Crippen LogP) is 3.79. The third-order valence-electron chi connectivity index (χ3n) is 3.67. The van der Waals surface area contributed by atoms with Gasteiger partial charge in [-0.1, -0.05) is 32.9 Å². The second-order valence-electron chi connectivity index (χ2n) is 6.22. The van der Waals surface area contributed by atoms with E-state index in [4.69, 9.17) is 0 Å². The van der Waals surface area contributed by atoms with Crippen molar-refractivity contribution in [1.29, 1.82) is 0 Å². The van der Waals surface area contributed by atoms with Gasteiger partial charge in [-0.25, -0.2) is 4.79 Å². The lowest BCUT2D eigenvalue weighted by Gasteiger charge is -2.35. The van der Waals surface area contributed by atoms with E-state index >= 15 is 0 Å². The van der Waals surface area contributed by atoms with Crippen LogP contribution in [0, 0.1) is 5.41 Å². The molecule has 0 saturated heterocycles. The highest BCUT2D eigenvalue weighted by Gasteiger charge is 2.26. The molecule has 0 aromatic heterocycles. The summed E-state index contributed by atoms with van der Waals surface area (Å²) in [6, 6.07) is 6.89. The third kappa shape index (κ3) is 4.08. The fourth-order valence-electron chi connectivity index (χ4n) is 1.78. The van der Waals surface area contributed by atoms with Gasteiger partial charge in [0.25, 0.3) is 0 Å². The molecule has 4 heteroatoms. The first-order valence-electron chi connectivity index (χ1n) is 6.77. The number of carbonyl (C=O) groups excluding carboxylic acids is 2. The number of ketones is 1. The molecule has 0 spiro atoms.